The Kier molecular flexibility index (Phi) is 4.10. The summed E-state index contributed by atoms with van der Waals surface area (Å²) >= 11 is 0. The molecule has 0 unspecified atom stereocenters. The van der Waals surface area contributed by atoms with Crippen LogP contribution in [0.25, 0.3) is 0 Å². The highest BCUT2D eigenvalue weighted by Crippen LogP contribution is 2.34. The van der Waals surface area contributed by atoms with E-state index in [-0.39, 0.29) is 5.25 Å². The Balaban J connectivity index is 1.72. The van der Waals surface area contributed by atoms with E-state index in [0.29, 0.717) is 4.90 Å². The van der Waals surface area contributed by atoms with Crippen molar-refractivity contribution in [2.45, 2.75) is 29.4 Å². The quantitative estimate of drug-likeness (QED) is 0.882. The number of hydrogen-bond donors (Lipinski definition) is 1. The summed E-state index contributed by atoms with van der Waals surface area (Å²) in [6.07, 6.45) is 2.48. The van der Waals surface area contributed by atoms with Crippen LogP contribution in [0, 0.1) is 0 Å². The Hall–Kier alpha value is -0.910. The van der Waals surface area contributed by atoms with Gasteiger partial charge in [0.2, 0.25) is 0 Å². The standard InChI is InChI=1S/C15H22N2O2S/c18-20(19,14-5-6-14)15-4-2-1-3-13(15)7-10-17-11-8-16-9-12-17/h1-4,14,16H,5-12H2. The van der Waals surface area contributed by atoms with Gasteiger partial charge in [-0.05, 0) is 30.9 Å². The first-order valence-electron chi connectivity index (χ1n) is 7.43. The summed E-state index contributed by atoms with van der Waals surface area (Å²) in [6.45, 7) is 5.11. The highest BCUT2D eigenvalue weighted by molar-refractivity contribution is 7.92. The molecule has 1 saturated carbocycles. The second kappa shape index (κ2) is 5.84. The van der Waals surface area contributed by atoms with Crippen LogP contribution >= 0.6 is 0 Å². The van der Waals surface area contributed by atoms with Crippen LogP contribution in [0.5, 0.6) is 0 Å². The molecule has 110 valence electrons. The first kappa shape index (κ1) is 14.0. The maximum absolute atomic E-state index is 12.4. The SMILES string of the molecule is O=S(=O)(c1ccccc1CCN1CCNCC1)C1CC1. The second-order valence-corrected chi connectivity index (χ2v) is 7.89. The molecule has 0 spiro atoms. The molecular weight excluding hydrogens is 272 g/mol. The van der Waals surface area contributed by atoms with Gasteiger partial charge in [0.25, 0.3) is 0 Å². The minimum Gasteiger partial charge on any atom is -0.314 e. The van der Waals surface area contributed by atoms with Crippen LogP contribution in [0.15, 0.2) is 29.2 Å². The maximum Gasteiger partial charge on any atom is 0.181 e. The number of rotatable bonds is 5. The highest BCUT2D eigenvalue weighted by atomic mass is 32.2. The lowest BCUT2D eigenvalue weighted by Gasteiger charge is -2.27. The van der Waals surface area contributed by atoms with Crippen molar-refractivity contribution in [3.8, 4) is 0 Å². The molecule has 5 heteroatoms. The zero-order valence-corrected chi connectivity index (χ0v) is 12.5. The van der Waals surface area contributed by atoms with Gasteiger partial charge in [0.1, 0.15) is 0 Å². The topological polar surface area (TPSA) is 49.4 Å². The highest BCUT2D eigenvalue weighted by Gasteiger charge is 2.37. The van der Waals surface area contributed by atoms with Gasteiger partial charge in [0.15, 0.2) is 9.84 Å². The molecule has 1 aliphatic heterocycles. The molecule has 1 heterocycles. The van der Waals surface area contributed by atoms with E-state index in [9.17, 15) is 8.42 Å². The number of hydrogen-bond acceptors (Lipinski definition) is 4. The molecule has 0 aromatic heterocycles. The van der Waals surface area contributed by atoms with E-state index in [1.807, 2.05) is 18.2 Å². The Morgan fingerprint density at radius 1 is 1.15 bits per heavy atom. The zero-order valence-electron chi connectivity index (χ0n) is 11.7. The van der Waals surface area contributed by atoms with E-state index in [2.05, 4.69) is 10.2 Å². The third-order valence-corrected chi connectivity index (χ3v) is 6.51. The number of piperazine rings is 1. The lowest BCUT2D eigenvalue weighted by atomic mass is 10.1. The summed E-state index contributed by atoms with van der Waals surface area (Å²) in [5, 5.41) is 3.21. The zero-order chi connectivity index (χ0) is 14.0. The molecule has 0 bridgehead atoms. The number of nitrogens with one attached hydrogen (secondary N) is 1. The molecule has 1 aliphatic carbocycles. The van der Waals surface area contributed by atoms with E-state index < -0.39 is 9.84 Å². The number of benzene rings is 1. The Bertz CT molecular complexity index is 561. The van der Waals surface area contributed by atoms with E-state index in [4.69, 9.17) is 0 Å². The molecular formula is C15H22N2O2S. The molecule has 0 atom stereocenters. The van der Waals surface area contributed by atoms with Crippen LogP contribution in [0.3, 0.4) is 0 Å². The lowest BCUT2D eigenvalue weighted by molar-refractivity contribution is 0.243. The average molecular weight is 294 g/mol. The van der Waals surface area contributed by atoms with Crippen LogP contribution in [-0.2, 0) is 16.3 Å². The lowest BCUT2D eigenvalue weighted by Crippen LogP contribution is -2.44. The molecule has 1 N–H and O–H groups in total. The first-order chi connectivity index (χ1) is 9.68. The minimum absolute atomic E-state index is 0.122. The summed E-state index contributed by atoms with van der Waals surface area (Å²) in [5.41, 5.74) is 0.984. The van der Waals surface area contributed by atoms with Crippen molar-refractivity contribution in [1.82, 2.24) is 10.2 Å². The van der Waals surface area contributed by atoms with Gasteiger partial charge in [0, 0.05) is 32.7 Å². The number of sulfone groups is 1. The summed E-state index contributed by atoms with van der Waals surface area (Å²) in [6, 6.07) is 7.53. The third kappa shape index (κ3) is 3.05. The van der Waals surface area contributed by atoms with Crippen molar-refractivity contribution < 1.29 is 8.42 Å². The van der Waals surface area contributed by atoms with Gasteiger partial charge in [-0.1, -0.05) is 18.2 Å². The van der Waals surface area contributed by atoms with Crippen LogP contribution in [0.1, 0.15) is 18.4 Å². The molecule has 1 aromatic rings. The van der Waals surface area contributed by atoms with E-state index in [1.54, 1.807) is 6.07 Å². The Labute approximate surface area is 121 Å². The molecule has 20 heavy (non-hydrogen) atoms. The number of nitrogens with zero attached hydrogens (tertiary/aromatic N) is 1. The van der Waals surface area contributed by atoms with Gasteiger partial charge in [-0.15, -0.1) is 0 Å². The van der Waals surface area contributed by atoms with Crippen molar-refractivity contribution in [3.05, 3.63) is 29.8 Å². The third-order valence-electron chi connectivity index (χ3n) is 4.15. The molecule has 2 aliphatic rings. The fourth-order valence-corrected chi connectivity index (χ4v) is 4.68. The van der Waals surface area contributed by atoms with Gasteiger partial charge in [-0.2, -0.15) is 0 Å². The minimum atomic E-state index is -3.08. The van der Waals surface area contributed by atoms with Crippen LogP contribution < -0.4 is 5.32 Å². The van der Waals surface area contributed by atoms with Crippen LogP contribution in [-0.4, -0.2) is 51.3 Å². The van der Waals surface area contributed by atoms with Crippen molar-refractivity contribution in [2.24, 2.45) is 0 Å². The van der Waals surface area contributed by atoms with Crippen molar-refractivity contribution in [2.75, 3.05) is 32.7 Å². The van der Waals surface area contributed by atoms with Crippen molar-refractivity contribution in [3.63, 3.8) is 0 Å². The van der Waals surface area contributed by atoms with Gasteiger partial charge < -0.3 is 10.2 Å². The van der Waals surface area contributed by atoms with Crippen molar-refractivity contribution >= 4 is 9.84 Å². The van der Waals surface area contributed by atoms with E-state index >= 15 is 0 Å². The Morgan fingerprint density at radius 2 is 1.85 bits per heavy atom. The monoisotopic (exact) mass is 294 g/mol. The van der Waals surface area contributed by atoms with Crippen molar-refractivity contribution in [1.29, 1.82) is 0 Å². The fraction of sp³-hybridized carbons (Fsp3) is 0.600. The van der Waals surface area contributed by atoms with E-state index in [0.717, 1.165) is 57.5 Å². The van der Waals surface area contributed by atoms with Gasteiger partial charge in [-0.25, -0.2) is 8.42 Å². The fourth-order valence-electron chi connectivity index (χ4n) is 2.76. The molecule has 0 amide bonds. The second-order valence-electron chi connectivity index (χ2n) is 5.69. The Morgan fingerprint density at radius 3 is 2.55 bits per heavy atom. The maximum atomic E-state index is 12.4. The molecule has 1 aromatic carbocycles. The largest absolute Gasteiger partial charge is 0.314 e. The van der Waals surface area contributed by atoms with Gasteiger partial charge in [-0.3, -0.25) is 0 Å². The first-order valence-corrected chi connectivity index (χ1v) is 8.97. The summed E-state index contributed by atoms with van der Waals surface area (Å²) in [7, 11) is -3.08. The molecule has 1 saturated heterocycles. The van der Waals surface area contributed by atoms with Gasteiger partial charge in [0.05, 0.1) is 10.1 Å². The normalized spacial score (nSPS) is 21.0. The molecule has 2 fully saturated rings. The molecule has 3 rings (SSSR count). The predicted molar refractivity (Wildman–Crippen MR) is 79.7 cm³/mol. The molecule has 4 nitrogen and oxygen atoms in total. The summed E-state index contributed by atoms with van der Waals surface area (Å²) in [4.78, 5) is 2.97. The summed E-state index contributed by atoms with van der Waals surface area (Å²) < 4.78 is 24.9. The predicted octanol–water partition coefficient (Wildman–Crippen LogP) is 1.07. The average Bonchev–Trinajstić information content (AvgIpc) is 3.31. The molecule has 0 radical (unpaired) electrons. The van der Waals surface area contributed by atoms with Crippen LogP contribution in [0.4, 0.5) is 0 Å². The smallest absolute Gasteiger partial charge is 0.181 e. The van der Waals surface area contributed by atoms with E-state index in [1.165, 1.54) is 0 Å². The summed E-state index contributed by atoms with van der Waals surface area (Å²) in [5.74, 6) is 0. The van der Waals surface area contributed by atoms with Crippen LogP contribution in [0.2, 0.25) is 0 Å². The van der Waals surface area contributed by atoms with Gasteiger partial charge >= 0.3 is 0 Å².